The largest absolute Gasteiger partial charge is 0.389 e. The Hall–Kier alpha value is -2.67. The van der Waals surface area contributed by atoms with Gasteiger partial charge >= 0.3 is 0 Å². The average molecular weight is 370 g/mol. The third-order valence-electron chi connectivity index (χ3n) is 4.97. The predicted octanol–water partition coefficient (Wildman–Crippen LogP) is 1.10. The van der Waals surface area contributed by atoms with Crippen LogP contribution in [0.2, 0.25) is 0 Å². The van der Waals surface area contributed by atoms with E-state index in [1.807, 2.05) is 44.2 Å². The Morgan fingerprint density at radius 2 is 2.00 bits per heavy atom. The number of carbonyl (C=O) groups is 2. The second-order valence-electron chi connectivity index (χ2n) is 6.87. The zero-order valence-corrected chi connectivity index (χ0v) is 15.8. The number of carbonyl (C=O) groups excluding carboxylic acids is 2. The van der Waals surface area contributed by atoms with Gasteiger partial charge in [0.25, 0.3) is 5.91 Å². The molecule has 1 aliphatic heterocycles. The lowest BCUT2D eigenvalue weighted by Gasteiger charge is -2.21. The molecule has 144 valence electrons. The van der Waals surface area contributed by atoms with Gasteiger partial charge in [0, 0.05) is 31.9 Å². The molecule has 1 aromatic heterocycles. The van der Waals surface area contributed by atoms with E-state index < -0.39 is 6.10 Å². The van der Waals surface area contributed by atoms with Gasteiger partial charge in [-0.15, -0.1) is 0 Å². The molecular formula is C20H26N4O3. The van der Waals surface area contributed by atoms with Gasteiger partial charge in [0.15, 0.2) is 0 Å². The molecule has 7 heteroatoms. The number of nitrogens with zero attached hydrogens (tertiary/aromatic N) is 4. The number of hydrogen-bond donors (Lipinski definition) is 1. The molecule has 1 aromatic carbocycles. The van der Waals surface area contributed by atoms with Gasteiger partial charge in [0.2, 0.25) is 5.91 Å². The van der Waals surface area contributed by atoms with Crippen molar-refractivity contribution in [3.05, 3.63) is 53.3 Å². The van der Waals surface area contributed by atoms with Gasteiger partial charge in [0.1, 0.15) is 6.54 Å². The van der Waals surface area contributed by atoms with Crippen LogP contribution in [0.1, 0.15) is 28.5 Å². The summed E-state index contributed by atoms with van der Waals surface area (Å²) < 4.78 is 1.75. The summed E-state index contributed by atoms with van der Waals surface area (Å²) in [6.07, 6.45) is 1.49. The number of rotatable bonds is 5. The molecule has 0 radical (unpaired) electrons. The summed E-state index contributed by atoms with van der Waals surface area (Å²) >= 11 is 0. The van der Waals surface area contributed by atoms with Gasteiger partial charge in [-0.05, 0) is 25.8 Å². The van der Waals surface area contributed by atoms with Crippen molar-refractivity contribution in [1.29, 1.82) is 0 Å². The van der Waals surface area contributed by atoms with E-state index in [2.05, 4.69) is 5.10 Å². The average Bonchev–Trinajstić information content (AvgIpc) is 2.97. The molecule has 7 nitrogen and oxygen atoms in total. The number of aliphatic hydroxyl groups is 1. The van der Waals surface area contributed by atoms with Gasteiger partial charge < -0.3 is 14.9 Å². The number of amides is 2. The van der Waals surface area contributed by atoms with Crippen molar-refractivity contribution in [2.75, 3.05) is 26.2 Å². The van der Waals surface area contributed by atoms with Crippen LogP contribution in [0.25, 0.3) is 0 Å². The molecule has 2 amide bonds. The number of aliphatic hydroxyl groups excluding tert-OH is 1. The van der Waals surface area contributed by atoms with E-state index in [1.165, 1.54) is 11.1 Å². The van der Waals surface area contributed by atoms with Crippen LogP contribution in [-0.4, -0.2) is 68.8 Å². The molecule has 0 bridgehead atoms. The van der Waals surface area contributed by atoms with Gasteiger partial charge in [0.05, 0.1) is 17.9 Å². The highest BCUT2D eigenvalue weighted by Gasteiger charge is 2.31. The van der Waals surface area contributed by atoms with E-state index in [0.717, 1.165) is 17.7 Å². The first-order valence-corrected chi connectivity index (χ1v) is 9.31. The molecule has 3 rings (SSSR count). The molecule has 1 N–H and O–H groups in total. The summed E-state index contributed by atoms with van der Waals surface area (Å²) in [5.41, 5.74) is 2.39. The van der Waals surface area contributed by atoms with Crippen molar-refractivity contribution in [3.63, 3.8) is 0 Å². The Kier molecular flexibility index (Phi) is 5.91. The number of hydrogen-bond acceptors (Lipinski definition) is 4. The fourth-order valence-corrected chi connectivity index (χ4v) is 3.42. The molecule has 1 aliphatic rings. The number of aryl methyl sites for hydroxylation is 1. The van der Waals surface area contributed by atoms with Crippen molar-refractivity contribution in [3.8, 4) is 0 Å². The minimum atomic E-state index is -0.766. The molecule has 0 spiro atoms. The van der Waals surface area contributed by atoms with E-state index in [4.69, 9.17) is 0 Å². The quantitative estimate of drug-likeness (QED) is 0.855. The SMILES string of the molecule is CCn1ncc(C(=O)N2CC(=O)N(CCc3ccccc3)CC(O)C2)c1C. The first-order chi connectivity index (χ1) is 13.0. The summed E-state index contributed by atoms with van der Waals surface area (Å²) in [6.45, 7) is 5.35. The summed E-state index contributed by atoms with van der Waals surface area (Å²) in [6, 6.07) is 9.92. The number of β-amino-alcohol motifs (C(OH)–C–C–N with tert-alkyl or cyclic N) is 1. The van der Waals surface area contributed by atoms with Gasteiger partial charge in [-0.25, -0.2) is 0 Å². The van der Waals surface area contributed by atoms with E-state index in [9.17, 15) is 14.7 Å². The summed E-state index contributed by atoms with van der Waals surface area (Å²) in [7, 11) is 0. The maximum absolute atomic E-state index is 12.9. The van der Waals surface area contributed by atoms with Crippen LogP contribution in [0.3, 0.4) is 0 Å². The number of benzene rings is 1. The second kappa shape index (κ2) is 8.35. The van der Waals surface area contributed by atoms with Gasteiger partial charge in [-0.1, -0.05) is 30.3 Å². The van der Waals surface area contributed by atoms with Crippen molar-refractivity contribution >= 4 is 11.8 Å². The molecule has 1 fully saturated rings. The Morgan fingerprint density at radius 1 is 1.26 bits per heavy atom. The molecular weight excluding hydrogens is 344 g/mol. The van der Waals surface area contributed by atoms with E-state index in [-0.39, 0.29) is 31.4 Å². The van der Waals surface area contributed by atoms with Gasteiger partial charge in [-0.2, -0.15) is 5.10 Å². The molecule has 2 heterocycles. The highest BCUT2D eigenvalue weighted by atomic mass is 16.3. The maximum Gasteiger partial charge on any atom is 0.257 e. The van der Waals surface area contributed by atoms with E-state index in [1.54, 1.807) is 9.58 Å². The van der Waals surface area contributed by atoms with Gasteiger partial charge in [-0.3, -0.25) is 14.3 Å². The fourth-order valence-electron chi connectivity index (χ4n) is 3.42. The minimum Gasteiger partial charge on any atom is -0.389 e. The zero-order chi connectivity index (χ0) is 19.4. The van der Waals surface area contributed by atoms with Crippen LogP contribution in [0.5, 0.6) is 0 Å². The molecule has 1 saturated heterocycles. The van der Waals surface area contributed by atoms with Crippen LogP contribution in [0.4, 0.5) is 0 Å². The molecule has 1 unspecified atom stereocenters. The van der Waals surface area contributed by atoms with Crippen LogP contribution < -0.4 is 0 Å². The van der Waals surface area contributed by atoms with Crippen LogP contribution in [0.15, 0.2) is 36.5 Å². The predicted molar refractivity (Wildman–Crippen MR) is 101 cm³/mol. The Morgan fingerprint density at radius 3 is 2.67 bits per heavy atom. The summed E-state index contributed by atoms with van der Waals surface area (Å²) in [4.78, 5) is 28.6. The first kappa shape index (κ1) is 19.1. The van der Waals surface area contributed by atoms with Crippen molar-refractivity contribution in [1.82, 2.24) is 19.6 Å². The highest BCUT2D eigenvalue weighted by Crippen LogP contribution is 2.14. The summed E-state index contributed by atoms with van der Waals surface area (Å²) in [5.74, 6) is -0.402. The van der Waals surface area contributed by atoms with Crippen LogP contribution in [0, 0.1) is 6.92 Å². The van der Waals surface area contributed by atoms with Crippen molar-refractivity contribution in [2.24, 2.45) is 0 Å². The minimum absolute atomic E-state index is 0.0264. The smallest absolute Gasteiger partial charge is 0.257 e. The monoisotopic (exact) mass is 370 g/mol. The van der Waals surface area contributed by atoms with Crippen molar-refractivity contribution < 1.29 is 14.7 Å². The standard InChI is InChI=1S/C20H26N4O3/c1-3-24-15(2)18(11-21-24)20(27)23-13-17(25)12-22(19(26)14-23)10-9-16-7-5-4-6-8-16/h4-8,11,17,25H,3,9-10,12-14H2,1-2H3. The molecule has 0 saturated carbocycles. The molecule has 1 atom stereocenters. The Bertz CT molecular complexity index is 803. The normalized spacial score (nSPS) is 17.9. The Balaban J connectivity index is 1.68. The Labute approximate surface area is 159 Å². The summed E-state index contributed by atoms with van der Waals surface area (Å²) in [5, 5.41) is 14.6. The topological polar surface area (TPSA) is 78.7 Å². The lowest BCUT2D eigenvalue weighted by atomic mass is 10.1. The van der Waals surface area contributed by atoms with Crippen LogP contribution in [-0.2, 0) is 17.8 Å². The van der Waals surface area contributed by atoms with Crippen molar-refractivity contribution in [2.45, 2.75) is 32.9 Å². The fraction of sp³-hybridized carbons (Fsp3) is 0.450. The highest BCUT2D eigenvalue weighted by molar-refractivity contribution is 5.97. The van der Waals surface area contributed by atoms with E-state index >= 15 is 0 Å². The molecule has 27 heavy (non-hydrogen) atoms. The first-order valence-electron chi connectivity index (χ1n) is 9.31. The third-order valence-corrected chi connectivity index (χ3v) is 4.97. The molecule has 0 aliphatic carbocycles. The van der Waals surface area contributed by atoms with E-state index in [0.29, 0.717) is 18.7 Å². The maximum atomic E-state index is 12.9. The lowest BCUT2D eigenvalue weighted by Crippen LogP contribution is -2.40. The molecule has 2 aromatic rings. The third kappa shape index (κ3) is 4.36. The number of aromatic nitrogens is 2. The lowest BCUT2D eigenvalue weighted by molar-refractivity contribution is -0.131. The van der Waals surface area contributed by atoms with Crippen LogP contribution >= 0.6 is 0 Å². The second-order valence-corrected chi connectivity index (χ2v) is 6.87. The zero-order valence-electron chi connectivity index (χ0n) is 15.8.